The largest absolute Gasteiger partial charge is 0.494 e. The normalized spacial score (nSPS) is 16.6. The number of ether oxygens (including phenoxy) is 1. The molecule has 0 saturated carbocycles. The summed E-state index contributed by atoms with van der Waals surface area (Å²) < 4.78 is 32.5. The van der Waals surface area contributed by atoms with Gasteiger partial charge in [-0.1, -0.05) is 6.92 Å². The zero-order chi connectivity index (χ0) is 19.0. The molecule has 1 aliphatic heterocycles. The molecule has 1 heterocycles. The summed E-state index contributed by atoms with van der Waals surface area (Å²) >= 11 is 0. The molecule has 9 heteroatoms. The number of carbonyl (C=O) groups is 1. The smallest absolute Gasteiger partial charge is 0.240 e. The van der Waals surface area contributed by atoms with E-state index in [2.05, 4.69) is 10.0 Å². The molecule has 1 atom stereocenters. The third kappa shape index (κ3) is 6.95. The lowest BCUT2D eigenvalue weighted by Crippen LogP contribution is -2.43. The summed E-state index contributed by atoms with van der Waals surface area (Å²) in [5, 5.41) is 3.27. The predicted octanol–water partition coefficient (Wildman–Crippen LogP) is 1.78. The number of sulfonamides is 1. The maximum atomic E-state index is 12.5. The van der Waals surface area contributed by atoms with Crippen LogP contribution in [0, 0.1) is 0 Å². The fraction of sp³-hybridized carbons (Fsp3) is 0.611. The molecule has 1 saturated heterocycles. The van der Waals surface area contributed by atoms with Crippen molar-refractivity contribution in [3.05, 3.63) is 24.3 Å². The minimum Gasteiger partial charge on any atom is -0.494 e. The number of amides is 1. The fourth-order valence-corrected chi connectivity index (χ4v) is 4.09. The molecule has 154 valence electrons. The molecule has 1 unspecified atom stereocenters. The molecule has 1 aromatic rings. The Hall–Kier alpha value is -1.35. The van der Waals surface area contributed by atoms with E-state index >= 15 is 0 Å². The molecule has 1 fully saturated rings. The lowest BCUT2D eigenvalue weighted by Gasteiger charge is -2.28. The van der Waals surface area contributed by atoms with Crippen molar-refractivity contribution < 1.29 is 17.9 Å². The van der Waals surface area contributed by atoms with Gasteiger partial charge in [-0.2, -0.15) is 0 Å². The number of hydrogen-bond donors (Lipinski definition) is 2. The Morgan fingerprint density at radius 1 is 1.30 bits per heavy atom. The van der Waals surface area contributed by atoms with Gasteiger partial charge in [0.15, 0.2) is 0 Å². The van der Waals surface area contributed by atoms with Crippen LogP contribution in [0.2, 0.25) is 0 Å². The maximum absolute atomic E-state index is 12.5. The molecule has 1 aromatic carbocycles. The Balaban J connectivity index is 0.00000364. The Morgan fingerprint density at radius 3 is 2.56 bits per heavy atom. The number of nitrogens with zero attached hydrogens (tertiary/aromatic N) is 1. The lowest BCUT2D eigenvalue weighted by molar-refractivity contribution is -0.133. The molecule has 0 spiro atoms. The highest BCUT2D eigenvalue weighted by atomic mass is 35.5. The number of carbonyl (C=O) groups excluding carboxylic acids is 1. The van der Waals surface area contributed by atoms with E-state index in [4.69, 9.17) is 4.74 Å². The summed E-state index contributed by atoms with van der Waals surface area (Å²) in [5.74, 6) is 0.622. The van der Waals surface area contributed by atoms with Crippen molar-refractivity contribution >= 4 is 28.3 Å². The second-order valence-corrected chi connectivity index (χ2v) is 8.05. The van der Waals surface area contributed by atoms with E-state index in [0.717, 1.165) is 25.9 Å². The van der Waals surface area contributed by atoms with E-state index in [1.807, 2.05) is 18.7 Å². The van der Waals surface area contributed by atoms with Crippen molar-refractivity contribution in [2.45, 2.75) is 44.0 Å². The van der Waals surface area contributed by atoms with Crippen molar-refractivity contribution in [2.75, 3.05) is 32.8 Å². The van der Waals surface area contributed by atoms with Crippen molar-refractivity contribution in [1.29, 1.82) is 0 Å². The molecule has 0 aromatic heterocycles. The first-order valence-corrected chi connectivity index (χ1v) is 10.7. The first-order valence-electron chi connectivity index (χ1n) is 9.20. The Bertz CT molecular complexity index is 676. The van der Waals surface area contributed by atoms with E-state index in [0.29, 0.717) is 18.9 Å². The molecule has 2 rings (SSSR count). The summed E-state index contributed by atoms with van der Waals surface area (Å²) in [4.78, 5) is 14.6. The average Bonchev–Trinajstić information content (AvgIpc) is 3.14. The highest BCUT2D eigenvalue weighted by Gasteiger charge is 2.25. The van der Waals surface area contributed by atoms with Crippen molar-refractivity contribution in [3.8, 4) is 5.75 Å². The standard InChI is InChI=1S/C18H29N3O4S.ClH/c1-3-13-21(15-9-11-19-14-15)18(22)10-12-20-26(23,24)17-7-5-16(6-8-17)25-4-2;/h5-8,15,19-20H,3-4,9-14H2,1-2H3;1H. The van der Waals surface area contributed by atoms with E-state index in [1.165, 1.54) is 12.1 Å². The van der Waals surface area contributed by atoms with Crippen LogP contribution in [0.4, 0.5) is 0 Å². The average molecular weight is 420 g/mol. The predicted molar refractivity (Wildman–Crippen MR) is 108 cm³/mol. The summed E-state index contributed by atoms with van der Waals surface area (Å²) in [7, 11) is -3.63. The Morgan fingerprint density at radius 2 is 2.00 bits per heavy atom. The zero-order valence-corrected chi connectivity index (χ0v) is 17.6. The zero-order valence-electron chi connectivity index (χ0n) is 15.9. The first-order chi connectivity index (χ1) is 12.5. The third-order valence-corrected chi connectivity index (χ3v) is 5.81. The molecule has 1 aliphatic rings. The molecule has 0 bridgehead atoms. The van der Waals surface area contributed by atoms with E-state index < -0.39 is 10.0 Å². The number of nitrogens with one attached hydrogen (secondary N) is 2. The Kier molecular flexibility index (Phi) is 10.1. The number of halogens is 1. The minimum absolute atomic E-state index is 0. The molecule has 7 nitrogen and oxygen atoms in total. The number of benzene rings is 1. The van der Waals surface area contributed by atoms with Crippen LogP contribution in [0.15, 0.2) is 29.2 Å². The molecular weight excluding hydrogens is 390 g/mol. The first kappa shape index (κ1) is 23.7. The summed E-state index contributed by atoms with van der Waals surface area (Å²) in [6, 6.07) is 6.47. The van der Waals surface area contributed by atoms with Gasteiger partial charge in [-0.05, 0) is 50.6 Å². The van der Waals surface area contributed by atoms with Gasteiger partial charge in [-0.25, -0.2) is 13.1 Å². The van der Waals surface area contributed by atoms with E-state index in [1.54, 1.807) is 12.1 Å². The van der Waals surface area contributed by atoms with E-state index in [9.17, 15) is 13.2 Å². The van der Waals surface area contributed by atoms with Crippen LogP contribution in [-0.4, -0.2) is 58.1 Å². The topological polar surface area (TPSA) is 87.7 Å². The highest BCUT2D eigenvalue weighted by Crippen LogP contribution is 2.16. The maximum Gasteiger partial charge on any atom is 0.240 e. The van der Waals surface area contributed by atoms with Crippen LogP contribution in [0.3, 0.4) is 0 Å². The lowest BCUT2D eigenvalue weighted by atomic mass is 10.2. The molecule has 0 radical (unpaired) electrons. The minimum atomic E-state index is -3.63. The molecule has 2 N–H and O–H groups in total. The van der Waals surface area contributed by atoms with Crippen LogP contribution in [0.25, 0.3) is 0 Å². The van der Waals surface area contributed by atoms with Gasteiger partial charge in [-0.15, -0.1) is 12.4 Å². The van der Waals surface area contributed by atoms with Gasteiger partial charge in [0.1, 0.15) is 5.75 Å². The van der Waals surface area contributed by atoms with Gasteiger partial charge in [-0.3, -0.25) is 4.79 Å². The van der Waals surface area contributed by atoms with Crippen molar-refractivity contribution in [2.24, 2.45) is 0 Å². The van der Waals surface area contributed by atoms with Crippen molar-refractivity contribution in [3.63, 3.8) is 0 Å². The van der Waals surface area contributed by atoms with Crippen LogP contribution >= 0.6 is 12.4 Å². The van der Waals surface area contributed by atoms with Crippen molar-refractivity contribution in [1.82, 2.24) is 14.9 Å². The van der Waals surface area contributed by atoms with Gasteiger partial charge < -0.3 is 15.0 Å². The van der Waals surface area contributed by atoms with Gasteiger partial charge in [0, 0.05) is 32.1 Å². The van der Waals surface area contributed by atoms with E-state index in [-0.39, 0.29) is 42.2 Å². The second kappa shape index (κ2) is 11.5. The van der Waals surface area contributed by atoms with Crippen LogP contribution in [0.1, 0.15) is 33.1 Å². The summed E-state index contributed by atoms with van der Waals surface area (Å²) in [6.07, 6.45) is 2.00. The van der Waals surface area contributed by atoms with Gasteiger partial charge in [0.05, 0.1) is 11.5 Å². The summed E-state index contributed by atoms with van der Waals surface area (Å²) in [6.45, 7) is 6.96. The second-order valence-electron chi connectivity index (χ2n) is 6.29. The SMILES string of the molecule is CCCN(C(=O)CCNS(=O)(=O)c1ccc(OCC)cc1)C1CCNC1.Cl. The van der Waals surface area contributed by atoms with Gasteiger partial charge in [0.25, 0.3) is 0 Å². The van der Waals surface area contributed by atoms with Crippen LogP contribution in [0.5, 0.6) is 5.75 Å². The summed E-state index contributed by atoms with van der Waals surface area (Å²) in [5.41, 5.74) is 0. The highest BCUT2D eigenvalue weighted by molar-refractivity contribution is 7.89. The third-order valence-electron chi connectivity index (χ3n) is 4.34. The quantitative estimate of drug-likeness (QED) is 0.603. The van der Waals surface area contributed by atoms with Gasteiger partial charge >= 0.3 is 0 Å². The van der Waals surface area contributed by atoms with Gasteiger partial charge in [0.2, 0.25) is 15.9 Å². The van der Waals surface area contributed by atoms with Crippen LogP contribution < -0.4 is 14.8 Å². The van der Waals surface area contributed by atoms with Crippen LogP contribution in [-0.2, 0) is 14.8 Å². The molecule has 0 aliphatic carbocycles. The Labute approximate surface area is 168 Å². The number of hydrogen-bond acceptors (Lipinski definition) is 5. The number of rotatable bonds is 10. The fourth-order valence-electron chi connectivity index (χ4n) is 3.06. The molecule has 1 amide bonds. The molecular formula is C18H30ClN3O4S. The monoisotopic (exact) mass is 419 g/mol. The molecule has 27 heavy (non-hydrogen) atoms.